The minimum absolute atomic E-state index is 0.0340. The summed E-state index contributed by atoms with van der Waals surface area (Å²) in [5.41, 5.74) is 5.77. The molecular weight excluding hydrogens is 1710 g/mol. The van der Waals surface area contributed by atoms with Gasteiger partial charge in [-0.3, -0.25) is 23.9 Å². The van der Waals surface area contributed by atoms with Crippen molar-refractivity contribution in [3.8, 4) is 0 Å². The molecule has 136 heavy (non-hydrogen) atoms. The molecule has 0 unspecified atom stereocenters. The molecule has 22 nitrogen and oxygen atoms in total. The molecule has 16 aliphatic rings. The fraction of sp³-hybridized carbons (Fsp3) is 0.768. The number of ketones is 4. The van der Waals surface area contributed by atoms with Crippen LogP contribution >= 0.6 is 0 Å². The van der Waals surface area contributed by atoms with E-state index in [1.54, 1.807) is 45.0 Å². The van der Waals surface area contributed by atoms with Crippen LogP contribution in [-0.4, -0.2) is 135 Å². The van der Waals surface area contributed by atoms with Gasteiger partial charge in [0.05, 0.1) is 46.9 Å². The number of carbonyl (C=O) groups is 4. The second-order valence-electron chi connectivity index (χ2n) is 51.9. The summed E-state index contributed by atoms with van der Waals surface area (Å²) in [6.45, 7) is 32.5. The highest BCUT2D eigenvalue weighted by Gasteiger charge is 2.68. The fourth-order valence-corrected chi connectivity index (χ4v) is 37.2. The van der Waals surface area contributed by atoms with Gasteiger partial charge in [0.15, 0.2) is 46.1 Å². The largest absolute Gasteiger partial charge is 0.390 e. The van der Waals surface area contributed by atoms with Crippen molar-refractivity contribution in [2.45, 2.75) is 377 Å². The Kier molecular flexibility index (Phi) is 23.9. The maximum Gasteiger partial charge on any atom is 0.199 e. The van der Waals surface area contributed by atoms with E-state index in [1.807, 2.05) is 59.9 Å². The summed E-state index contributed by atoms with van der Waals surface area (Å²) in [5.74, 6) is 11.6. The summed E-state index contributed by atoms with van der Waals surface area (Å²) in [6, 6.07) is 6.62. The molecular formula is C112H156F2N14O8. The highest BCUT2D eigenvalue weighted by atomic mass is 19.1. The van der Waals surface area contributed by atoms with Crippen LogP contribution in [0.25, 0.3) is 44.4 Å². The van der Waals surface area contributed by atoms with Crippen molar-refractivity contribution >= 4 is 67.5 Å². The highest BCUT2D eigenvalue weighted by molar-refractivity contribution is 5.86. The zero-order chi connectivity index (χ0) is 95.5. The maximum atomic E-state index is 14.3. The number of aryl methyl sites for hydroxylation is 2. The molecule has 24 heteroatoms. The summed E-state index contributed by atoms with van der Waals surface area (Å²) in [7, 11) is 0. The quantitative estimate of drug-likeness (QED) is 0.0883. The molecule has 4 N–H and O–H groups in total. The van der Waals surface area contributed by atoms with Gasteiger partial charge in [-0.2, -0.15) is 20.1 Å². The molecule has 16 saturated carbocycles. The second-order valence-corrected chi connectivity index (χ2v) is 51.9. The van der Waals surface area contributed by atoms with E-state index in [1.165, 1.54) is 107 Å². The summed E-state index contributed by atoms with van der Waals surface area (Å²) < 4.78 is 33.7. The summed E-state index contributed by atoms with van der Waals surface area (Å²) >= 11 is 0. The number of rotatable bonds is 12. The number of halogens is 2. The van der Waals surface area contributed by atoms with Gasteiger partial charge in [0.2, 0.25) is 0 Å². The van der Waals surface area contributed by atoms with Crippen LogP contribution in [0.4, 0.5) is 8.78 Å². The Hall–Kier alpha value is -7.28. The number of fused-ring (bicyclic) bond motifs is 24. The molecule has 0 bridgehead atoms. The van der Waals surface area contributed by atoms with E-state index >= 15 is 0 Å². The van der Waals surface area contributed by atoms with Crippen molar-refractivity contribution in [2.75, 3.05) is 0 Å². The van der Waals surface area contributed by atoms with Crippen LogP contribution < -0.4 is 0 Å². The Balaban J connectivity index is 0.000000108. The lowest BCUT2D eigenvalue weighted by atomic mass is 9.44. The van der Waals surface area contributed by atoms with Crippen LogP contribution in [0, 0.1) is 187 Å². The average molecular weight is 1860 g/mol. The monoisotopic (exact) mass is 1860 g/mol. The summed E-state index contributed by atoms with van der Waals surface area (Å²) in [4.78, 5) is 73.1. The zero-order valence-electron chi connectivity index (χ0n) is 84.0. The van der Waals surface area contributed by atoms with E-state index in [0.717, 1.165) is 193 Å². The Labute approximate surface area is 803 Å². The van der Waals surface area contributed by atoms with Crippen LogP contribution in [0.1, 0.15) is 325 Å². The molecule has 2 aromatic carbocycles. The van der Waals surface area contributed by atoms with Gasteiger partial charge in [0, 0.05) is 48.5 Å². The normalized spacial score (nSPS) is 43.9. The van der Waals surface area contributed by atoms with Crippen molar-refractivity contribution in [1.82, 2.24) is 69.5 Å². The molecule has 0 amide bonds. The number of aromatic nitrogens is 14. The third-order valence-electron chi connectivity index (χ3n) is 44.4. The molecule has 8 aromatic rings. The molecule has 24 rings (SSSR count). The van der Waals surface area contributed by atoms with Crippen LogP contribution in [0.5, 0.6) is 0 Å². The van der Waals surface area contributed by atoms with Gasteiger partial charge in [-0.15, -0.1) is 10.2 Å². The van der Waals surface area contributed by atoms with Gasteiger partial charge in [0.1, 0.15) is 47.2 Å². The molecule has 0 spiro atoms. The Morgan fingerprint density at radius 1 is 0.353 bits per heavy atom. The topological polar surface area (TPSA) is 298 Å². The Morgan fingerprint density at radius 3 is 1.13 bits per heavy atom. The minimum atomic E-state index is -0.502. The molecule has 6 heterocycles. The van der Waals surface area contributed by atoms with E-state index in [2.05, 4.69) is 106 Å². The average Bonchev–Trinajstić information content (AvgIpc) is 1.54. The van der Waals surface area contributed by atoms with Crippen LogP contribution in [0.2, 0.25) is 0 Å². The van der Waals surface area contributed by atoms with Crippen molar-refractivity contribution in [3.63, 3.8) is 0 Å². The van der Waals surface area contributed by atoms with Crippen LogP contribution in [0.15, 0.2) is 61.4 Å². The highest BCUT2D eigenvalue weighted by Crippen LogP contribution is 2.74. The smallest absolute Gasteiger partial charge is 0.199 e. The van der Waals surface area contributed by atoms with Gasteiger partial charge >= 0.3 is 0 Å². The Bertz CT molecular complexity index is 5860. The summed E-state index contributed by atoms with van der Waals surface area (Å²) in [6.07, 6.45) is 50.3. The molecule has 0 radical (unpaired) electrons. The second kappa shape index (κ2) is 34.2. The molecule has 16 aliphatic carbocycles. The first kappa shape index (κ1) is 94.9. The SMILES string of the molecule is C[C@@]1(O)CC[C@@]2(C)[C@@H](CC[C@@H]3[C@@H]2CC[C@]2(C)[C@@H](C(=O)Cn4cc5nccnc5n4)CC[C@@H]32)C1.C[C@@]1(O)CC[C@@]2(C)[C@@H](CC[C@@H]3[C@@H]2CC[C@]2(C)[C@@H](C(=O)Cn4ncc5nccnc54)CC[C@@H]32)C1.Cc1cc(F)c2nn(CC(=O)[C@H]3CC[C@H]4[C@@H]5CC[C@H]6C[C@](C)(O)CC[C@]6(C)[C@H]5CC[C@]34C)nc2c1.Cc1cc(F)c2nnn(CC(=O)[C@H]3CC[C@H]4[C@@H]5CC[C@H]6C[C@](C)(O)CC[C@]6(C)[C@H]5CC[C@]34C)c2c1. The first-order chi connectivity index (χ1) is 64.4. The van der Waals surface area contributed by atoms with Crippen molar-refractivity contribution in [2.24, 2.45) is 162 Å². The van der Waals surface area contributed by atoms with Crippen molar-refractivity contribution < 1.29 is 48.4 Å². The fourth-order valence-electron chi connectivity index (χ4n) is 37.2. The van der Waals surface area contributed by atoms with Crippen LogP contribution in [0.3, 0.4) is 0 Å². The van der Waals surface area contributed by atoms with Gasteiger partial charge < -0.3 is 20.4 Å². The number of nitrogens with zero attached hydrogens (tertiary/aromatic N) is 14. The van der Waals surface area contributed by atoms with Gasteiger partial charge in [-0.05, 0) is 446 Å². The molecule has 736 valence electrons. The Morgan fingerprint density at radius 2 is 0.713 bits per heavy atom. The van der Waals surface area contributed by atoms with Crippen LogP contribution in [-0.2, 0) is 45.4 Å². The predicted octanol–water partition coefficient (Wildman–Crippen LogP) is 21.3. The molecule has 6 aromatic heterocycles. The zero-order valence-corrected chi connectivity index (χ0v) is 84.0. The number of Topliss-reactive ketones (excluding diaryl/α,β-unsaturated/α-hetero) is 4. The maximum absolute atomic E-state index is 14.3. The standard InChI is InChI=1S/2C29H40FN3O2.2C27H38N4O2/c1-17-13-23(30)26-24(14-17)33(32-31-26)16-25(34)22-8-7-20-19-6-5-18-15-27(2,35)11-12-28(18,3)21(19)9-10-29(20,22)4;1-17-13-23(30)26-24(14-17)31-33(32-26)16-25(34)22-8-7-20-19-6-5-18-15-27(2,35)11-12-28(18,3)21(19)9-10-29(20,22)4;1-25(33)10-11-26(2)17(14-25)4-5-18-19-6-7-21(27(19,3)9-8-20(18)26)23(32)16-31-15-22-24(30-31)29-13-12-28-22;1-25(33)10-11-26(2)17(14-25)4-5-18-19-6-7-21(27(19,3)9-8-20(18)26)23(32)16-31-24-22(15-30-31)28-12-13-29-24/h2*13-14,18-22,35H,5-12,15-16H2,1-4H3;2*12-13,15,17-21,33H,4-11,14,16H2,1-3H3/t2*18-,19-,20-,21-,22+,27+,28-,29-;2*17-,18-,19-,20-,21+,25+,26-,27-/m0000/s1. The molecule has 0 aliphatic heterocycles. The third-order valence-corrected chi connectivity index (χ3v) is 44.4. The minimum Gasteiger partial charge on any atom is -0.390 e. The van der Waals surface area contributed by atoms with E-state index in [-0.39, 0.29) is 92.7 Å². The number of hydrogen-bond donors (Lipinski definition) is 4. The van der Waals surface area contributed by atoms with Gasteiger partial charge in [-0.1, -0.05) is 60.6 Å². The number of benzene rings is 2. The van der Waals surface area contributed by atoms with Crippen molar-refractivity contribution in [1.29, 1.82) is 0 Å². The van der Waals surface area contributed by atoms with E-state index in [0.29, 0.717) is 134 Å². The number of aliphatic hydroxyl groups is 4. The lowest BCUT2D eigenvalue weighted by molar-refractivity contribution is -0.151. The van der Waals surface area contributed by atoms with E-state index in [9.17, 15) is 48.4 Å². The van der Waals surface area contributed by atoms with Gasteiger partial charge in [0.25, 0.3) is 0 Å². The van der Waals surface area contributed by atoms with Gasteiger partial charge in [-0.25, -0.2) is 38.1 Å². The third kappa shape index (κ3) is 16.1. The molecule has 16 fully saturated rings. The van der Waals surface area contributed by atoms with E-state index in [4.69, 9.17) is 0 Å². The lowest BCUT2D eigenvalue weighted by Crippen LogP contribution is -2.55. The number of hydrogen-bond acceptors (Lipinski definition) is 18. The molecule has 0 saturated heterocycles. The summed E-state index contributed by atoms with van der Waals surface area (Å²) in [5, 5.41) is 68.7. The number of carbonyl (C=O) groups excluding carboxylic acids is 4. The first-order valence-corrected chi connectivity index (χ1v) is 53.7. The molecule has 32 atom stereocenters. The first-order valence-electron chi connectivity index (χ1n) is 53.7. The lowest BCUT2D eigenvalue weighted by Gasteiger charge is -2.61. The van der Waals surface area contributed by atoms with E-state index < -0.39 is 22.4 Å². The van der Waals surface area contributed by atoms with Crippen molar-refractivity contribution in [3.05, 3.63) is 84.2 Å². The predicted molar refractivity (Wildman–Crippen MR) is 518 cm³/mol.